The van der Waals surface area contributed by atoms with Gasteiger partial charge in [0, 0.05) is 25.2 Å². The maximum atomic E-state index is 13.7. The predicted molar refractivity (Wildman–Crippen MR) is 211 cm³/mol. The second-order valence-electron chi connectivity index (χ2n) is 11.6. The second-order valence-corrected chi connectivity index (χ2v) is 19.7. The first-order chi connectivity index (χ1) is 27.2. The monoisotopic (exact) mass is 924 g/mol. The summed E-state index contributed by atoms with van der Waals surface area (Å²) in [5.74, 6) is -2.32. The lowest BCUT2D eigenvalue weighted by Crippen LogP contribution is -2.30. The molecule has 342 valence electrons. The SMILES string of the molecule is CCOP(=O)(CN(Cc1cc(OCCCN)cc(CN(CP(=O)(OCC)OCC)CP(=O)(OCC)OCC)n1)CP(=O)(OCC)OCC)OCC.O=C(O)C(F)(F)F. The largest absolute Gasteiger partial charge is 0.493 e. The molecule has 26 heteroatoms. The van der Waals surface area contributed by atoms with Crippen molar-refractivity contribution in [2.24, 2.45) is 5.73 Å². The number of carbonyl (C=O) groups is 1. The first-order valence-corrected chi connectivity index (χ1v) is 25.7. The fourth-order valence-electron chi connectivity index (χ4n) is 4.91. The van der Waals surface area contributed by atoms with Crippen molar-refractivity contribution < 1.29 is 82.3 Å². The fourth-order valence-corrected chi connectivity index (χ4v) is 12.1. The molecule has 1 heterocycles. The lowest BCUT2D eigenvalue weighted by molar-refractivity contribution is -0.192. The van der Waals surface area contributed by atoms with Gasteiger partial charge in [-0.3, -0.25) is 33.0 Å². The molecule has 0 atom stereocenters. The van der Waals surface area contributed by atoms with E-state index in [1.165, 1.54) is 0 Å². The van der Waals surface area contributed by atoms with E-state index in [-0.39, 0.29) is 91.1 Å². The summed E-state index contributed by atoms with van der Waals surface area (Å²) in [5.41, 5.74) is 6.58. The van der Waals surface area contributed by atoms with Crippen molar-refractivity contribution in [2.75, 3.05) is 91.2 Å². The number of carboxylic acid groups (broad SMARTS) is 1. The van der Waals surface area contributed by atoms with Crippen LogP contribution in [0, 0.1) is 0 Å². The van der Waals surface area contributed by atoms with Gasteiger partial charge in [-0.05, 0) is 68.4 Å². The molecule has 0 amide bonds. The van der Waals surface area contributed by atoms with Crippen LogP contribution in [0.25, 0.3) is 0 Å². The Labute approximate surface area is 340 Å². The zero-order valence-corrected chi connectivity index (χ0v) is 38.3. The highest BCUT2D eigenvalue weighted by molar-refractivity contribution is 7.55. The lowest BCUT2D eigenvalue weighted by atomic mass is 10.2. The van der Waals surface area contributed by atoms with E-state index in [0.717, 1.165) is 0 Å². The van der Waals surface area contributed by atoms with Crippen LogP contribution in [0.5, 0.6) is 5.75 Å². The van der Waals surface area contributed by atoms with Crippen LogP contribution in [0.1, 0.15) is 73.2 Å². The molecule has 0 radical (unpaired) electrons. The smallest absolute Gasteiger partial charge is 0.490 e. The second kappa shape index (κ2) is 29.1. The summed E-state index contributed by atoms with van der Waals surface area (Å²) in [4.78, 5) is 17.0. The number of rotatable bonds is 32. The first kappa shape index (κ1) is 56.7. The molecule has 58 heavy (non-hydrogen) atoms. The third-order valence-electron chi connectivity index (χ3n) is 6.64. The minimum Gasteiger partial charge on any atom is -0.493 e. The minimum absolute atomic E-state index is 0.00212. The molecule has 0 saturated heterocycles. The maximum Gasteiger partial charge on any atom is 0.490 e. The number of nitrogens with two attached hydrogens (primary N) is 1. The summed E-state index contributed by atoms with van der Waals surface area (Å²) < 4.78 is 137. The van der Waals surface area contributed by atoms with Crippen molar-refractivity contribution in [2.45, 2.75) is 81.1 Å². The highest BCUT2D eigenvalue weighted by atomic mass is 31.2. The fraction of sp³-hybridized carbons (Fsp3) is 0.812. The normalized spacial score (nSPS) is 12.9. The van der Waals surface area contributed by atoms with Crippen LogP contribution in [0.3, 0.4) is 0 Å². The molecule has 0 aromatic carbocycles. The van der Waals surface area contributed by atoms with Gasteiger partial charge in [0.2, 0.25) is 0 Å². The number of carboxylic acids is 1. The van der Waals surface area contributed by atoms with Crippen LogP contribution in [0.2, 0.25) is 0 Å². The van der Waals surface area contributed by atoms with Gasteiger partial charge >= 0.3 is 42.5 Å². The summed E-state index contributed by atoms with van der Waals surface area (Å²) in [7, 11) is -14.7. The number of aromatic nitrogens is 1. The van der Waals surface area contributed by atoms with Gasteiger partial charge in [0.1, 0.15) is 30.9 Å². The third kappa shape index (κ3) is 23.6. The minimum atomic E-state index is -5.08. The molecule has 0 fully saturated rings. The molecule has 0 aliphatic heterocycles. The summed E-state index contributed by atoms with van der Waals surface area (Å²) in [6.45, 7) is 15.4. The van der Waals surface area contributed by atoms with Crippen molar-refractivity contribution in [3.05, 3.63) is 23.5 Å². The summed E-state index contributed by atoms with van der Waals surface area (Å²) in [6.07, 6.45) is -5.45. The average Bonchev–Trinajstić information content (AvgIpc) is 3.08. The van der Waals surface area contributed by atoms with Gasteiger partial charge in [0.25, 0.3) is 0 Å². The molecule has 1 aromatic heterocycles. The topological polar surface area (TPSA) is 234 Å². The molecular formula is C32H63F3N4O15P4. The van der Waals surface area contributed by atoms with Crippen molar-refractivity contribution in [1.29, 1.82) is 0 Å². The molecule has 3 N–H and O–H groups in total. The Morgan fingerprint density at radius 2 is 0.879 bits per heavy atom. The quantitative estimate of drug-likeness (QED) is 0.0515. The number of ether oxygens (including phenoxy) is 1. The molecule has 0 aliphatic carbocycles. The molecule has 0 aliphatic rings. The molecule has 1 rings (SSSR count). The van der Waals surface area contributed by atoms with Crippen LogP contribution in [0.4, 0.5) is 13.2 Å². The number of aliphatic carboxylic acids is 1. The van der Waals surface area contributed by atoms with Gasteiger partial charge in [-0.2, -0.15) is 13.2 Å². The van der Waals surface area contributed by atoms with Crippen LogP contribution >= 0.6 is 30.4 Å². The zero-order chi connectivity index (χ0) is 44.5. The average molecular weight is 925 g/mol. The van der Waals surface area contributed by atoms with Crippen molar-refractivity contribution in [3.8, 4) is 5.75 Å². The van der Waals surface area contributed by atoms with Gasteiger partial charge in [-0.15, -0.1) is 0 Å². The number of alkyl halides is 3. The number of hydrogen-bond donors (Lipinski definition) is 2. The Kier molecular flexibility index (Phi) is 28.4. The molecule has 0 unspecified atom stereocenters. The first-order valence-electron chi connectivity index (χ1n) is 18.8. The Balaban J connectivity index is 0.00000422. The molecule has 0 bridgehead atoms. The Morgan fingerprint density at radius 1 is 0.621 bits per heavy atom. The van der Waals surface area contributed by atoms with E-state index in [2.05, 4.69) is 0 Å². The summed E-state index contributed by atoms with van der Waals surface area (Å²) in [5, 5.41) is 7.12. The third-order valence-corrected chi connectivity index (χ3v) is 14.8. The van der Waals surface area contributed by atoms with Crippen LogP contribution in [-0.2, 0) is 72.3 Å². The van der Waals surface area contributed by atoms with E-state index in [9.17, 15) is 31.4 Å². The van der Waals surface area contributed by atoms with Gasteiger partial charge in [0.15, 0.2) is 0 Å². The van der Waals surface area contributed by atoms with Crippen molar-refractivity contribution in [1.82, 2.24) is 14.8 Å². The molecule has 1 aromatic rings. The van der Waals surface area contributed by atoms with Crippen molar-refractivity contribution >= 4 is 36.4 Å². The van der Waals surface area contributed by atoms with Gasteiger partial charge in [-0.25, -0.2) is 4.79 Å². The van der Waals surface area contributed by atoms with E-state index in [1.54, 1.807) is 77.3 Å². The van der Waals surface area contributed by atoms with Crippen molar-refractivity contribution in [3.63, 3.8) is 0 Å². The van der Waals surface area contributed by atoms with E-state index in [1.807, 2.05) is 0 Å². The van der Waals surface area contributed by atoms with Gasteiger partial charge in [-0.1, -0.05) is 0 Å². The maximum absolute atomic E-state index is 13.7. The van der Waals surface area contributed by atoms with E-state index >= 15 is 0 Å². The summed E-state index contributed by atoms with van der Waals surface area (Å²) >= 11 is 0. The lowest BCUT2D eigenvalue weighted by Gasteiger charge is -2.30. The number of pyridine rings is 1. The molecular weight excluding hydrogens is 861 g/mol. The van der Waals surface area contributed by atoms with Gasteiger partial charge in [0.05, 0.1) is 70.8 Å². The standard InChI is InChI=1S/C30H62N4O13P4.C2HF3O2/c1-9-40-48(35,41-10-2)24-33(25-49(36,42-11-3)43-12-4)22-28-20-30(39-19-17-18-31)21-29(32-28)23-34(26-50(37,44-13-5)45-14-6)27-51(38,46-15-7)47-16-8;3-2(4,5)1(6)7/h20-21H,9-19,22-27,31H2,1-8H3;(H,6,7). The number of nitrogens with zero attached hydrogens (tertiary/aromatic N) is 3. The number of hydrogen-bond acceptors (Lipinski definition) is 18. The summed E-state index contributed by atoms with van der Waals surface area (Å²) in [6, 6.07) is 3.40. The number of halogens is 3. The Morgan fingerprint density at radius 3 is 1.09 bits per heavy atom. The highest BCUT2D eigenvalue weighted by Gasteiger charge is 2.38. The van der Waals surface area contributed by atoms with E-state index in [0.29, 0.717) is 36.7 Å². The Bertz CT molecular complexity index is 1320. The van der Waals surface area contributed by atoms with Crippen LogP contribution < -0.4 is 10.5 Å². The molecule has 0 spiro atoms. The zero-order valence-electron chi connectivity index (χ0n) is 34.7. The highest BCUT2D eigenvalue weighted by Crippen LogP contribution is 2.55. The predicted octanol–water partition coefficient (Wildman–Crippen LogP) is 7.94. The van der Waals surface area contributed by atoms with Crippen LogP contribution in [0.15, 0.2) is 12.1 Å². The Hall–Kier alpha value is -1.31. The van der Waals surface area contributed by atoms with E-state index < -0.39 is 42.5 Å². The molecule has 19 nitrogen and oxygen atoms in total. The molecule has 0 saturated carbocycles. The van der Waals surface area contributed by atoms with Crippen LogP contribution in [-0.4, -0.2) is 123 Å². The van der Waals surface area contributed by atoms with E-state index in [4.69, 9.17) is 61.5 Å². The van der Waals surface area contributed by atoms with Gasteiger partial charge < -0.3 is 51.8 Å².